The summed E-state index contributed by atoms with van der Waals surface area (Å²) < 4.78 is 17.8. The Bertz CT molecular complexity index is 4550. The van der Waals surface area contributed by atoms with Crippen LogP contribution in [0, 0.1) is 0 Å². The molecule has 0 amide bonds. The average molecular weight is 861 g/mol. The molecule has 15 rings (SSSR count). The van der Waals surface area contributed by atoms with E-state index in [1.165, 1.54) is 42.4 Å². The molecule has 6 nitrogen and oxygen atoms in total. The van der Waals surface area contributed by atoms with Gasteiger partial charge in [0.05, 0.1) is 16.6 Å². The van der Waals surface area contributed by atoms with Gasteiger partial charge in [-0.3, -0.25) is 0 Å². The van der Waals surface area contributed by atoms with E-state index in [1.54, 1.807) is 11.3 Å². The van der Waals surface area contributed by atoms with Gasteiger partial charge in [-0.15, -0.1) is 11.3 Å². The summed E-state index contributed by atoms with van der Waals surface area (Å²) in [4.78, 5) is 16.2. The van der Waals surface area contributed by atoms with E-state index >= 15 is 0 Å². The van der Waals surface area contributed by atoms with Gasteiger partial charge in [-0.05, 0) is 82.2 Å². The van der Waals surface area contributed by atoms with Crippen LogP contribution >= 0.6 is 11.3 Å². The van der Waals surface area contributed by atoms with Crippen LogP contribution in [0.4, 0.5) is 0 Å². The molecule has 0 N–H and O–H groups in total. The second kappa shape index (κ2) is 13.4. The molecule has 0 fully saturated rings. The van der Waals surface area contributed by atoms with E-state index in [9.17, 15) is 0 Å². The van der Waals surface area contributed by atoms with Crippen LogP contribution in [-0.2, 0) is 0 Å². The quantitative estimate of drug-likeness (QED) is 0.165. The van der Waals surface area contributed by atoms with E-state index < -0.39 is 0 Å². The van der Waals surface area contributed by atoms with Gasteiger partial charge in [0.1, 0.15) is 22.3 Å². The first kappa shape index (κ1) is 35.8. The number of rotatable bonds is 4. The zero-order chi connectivity index (χ0) is 43.0. The number of furan rings is 2. The van der Waals surface area contributed by atoms with Crippen LogP contribution in [0.25, 0.3) is 147 Å². The Balaban J connectivity index is 1.03. The normalized spacial score (nSPS) is 12.2. The lowest BCUT2D eigenvalue weighted by molar-refractivity contribution is 0.668. The van der Waals surface area contributed by atoms with Crippen LogP contribution in [0.2, 0.25) is 0 Å². The minimum Gasteiger partial charge on any atom is -0.456 e. The summed E-state index contributed by atoms with van der Waals surface area (Å²) in [7, 11) is 0. The molecule has 0 aliphatic rings. The molecule has 0 bridgehead atoms. The minimum absolute atomic E-state index is 0.527. The first-order valence-electron chi connectivity index (χ1n) is 22.1. The lowest BCUT2D eigenvalue weighted by Gasteiger charge is -2.13. The van der Waals surface area contributed by atoms with Gasteiger partial charge in [0.15, 0.2) is 17.5 Å². The van der Waals surface area contributed by atoms with Crippen LogP contribution in [0.15, 0.2) is 203 Å². The molecule has 10 aromatic carbocycles. The van der Waals surface area contributed by atoms with E-state index in [0.717, 1.165) is 87.4 Å². The zero-order valence-corrected chi connectivity index (χ0v) is 35.8. The van der Waals surface area contributed by atoms with E-state index in [1.807, 2.05) is 42.5 Å². The van der Waals surface area contributed by atoms with Crippen molar-refractivity contribution in [3.63, 3.8) is 0 Å². The molecule has 0 aliphatic carbocycles. The van der Waals surface area contributed by atoms with Crippen molar-refractivity contribution in [2.24, 2.45) is 0 Å². The standard InChI is InChI=1S/C59H32N4O2S/c1-2-13-36-33(12-1)24-27-42-37(36)28-29-49-54(42)44-17-3-7-20-48(44)63(49)35-31-46-41-16-6-10-23-53(41)66-56(46)47(32-35)59-61-57(34-25-26-40-38-14-4-8-21-50(38)64-52(40)30-34)60-58(62-59)45-19-11-18-43-39-15-5-9-22-51(39)65-55(43)45/h1-32H. The van der Waals surface area contributed by atoms with Crippen molar-refractivity contribution in [2.75, 3.05) is 0 Å². The molecule has 5 aromatic heterocycles. The fourth-order valence-electron chi connectivity index (χ4n) is 10.5. The maximum Gasteiger partial charge on any atom is 0.167 e. The second-order valence-corrected chi connectivity index (χ2v) is 18.1. The third-order valence-electron chi connectivity index (χ3n) is 13.4. The number of hydrogen-bond donors (Lipinski definition) is 0. The number of fused-ring (bicyclic) bond motifs is 16. The van der Waals surface area contributed by atoms with Crippen molar-refractivity contribution in [1.82, 2.24) is 19.5 Å². The predicted molar refractivity (Wildman–Crippen MR) is 273 cm³/mol. The summed E-state index contributed by atoms with van der Waals surface area (Å²) >= 11 is 1.77. The van der Waals surface area contributed by atoms with Crippen molar-refractivity contribution < 1.29 is 8.83 Å². The minimum atomic E-state index is 0.527. The number of nitrogens with zero attached hydrogens (tertiary/aromatic N) is 4. The van der Waals surface area contributed by atoms with Gasteiger partial charge in [0, 0.05) is 69.3 Å². The molecule has 7 heteroatoms. The van der Waals surface area contributed by atoms with E-state index in [2.05, 4.69) is 156 Å². The molecule has 0 radical (unpaired) electrons. The van der Waals surface area contributed by atoms with Crippen molar-refractivity contribution in [2.45, 2.75) is 0 Å². The van der Waals surface area contributed by atoms with Crippen molar-refractivity contribution >= 4 is 119 Å². The SMILES string of the molecule is c1ccc2c(c1)ccc1c2ccc2c1c1ccccc1n2-c1cc(-c2nc(-c3ccc4c(c3)oc3ccccc34)nc(-c3cccc4c3oc3ccccc34)n2)c2sc3ccccc3c2c1. The molecule has 66 heavy (non-hydrogen) atoms. The number of aromatic nitrogens is 4. The fraction of sp³-hybridized carbons (Fsp3) is 0. The molecular weight excluding hydrogens is 829 g/mol. The Hall–Kier alpha value is -8.65. The molecule has 0 atom stereocenters. The summed E-state index contributed by atoms with van der Waals surface area (Å²) in [5, 5.41) is 13.9. The summed E-state index contributed by atoms with van der Waals surface area (Å²) in [5.41, 5.74) is 9.01. The van der Waals surface area contributed by atoms with E-state index in [-0.39, 0.29) is 0 Å². The molecular formula is C59H32N4O2S. The van der Waals surface area contributed by atoms with Crippen LogP contribution in [0.1, 0.15) is 0 Å². The lowest BCUT2D eigenvalue weighted by Crippen LogP contribution is -2.01. The number of para-hydroxylation sites is 4. The van der Waals surface area contributed by atoms with Crippen LogP contribution in [-0.4, -0.2) is 19.5 Å². The highest BCUT2D eigenvalue weighted by Gasteiger charge is 2.23. The van der Waals surface area contributed by atoms with Gasteiger partial charge in [-0.2, -0.15) is 0 Å². The van der Waals surface area contributed by atoms with Gasteiger partial charge in [0.25, 0.3) is 0 Å². The summed E-state index contributed by atoms with van der Waals surface area (Å²) in [6, 6.07) is 68.6. The largest absolute Gasteiger partial charge is 0.456 e. The predicted octanol–water partition coefficient (Wildman–Crippen LogP) is 16.4. The Morgan fingerprint density at radius 1 is 0.379 bits per heavy atom. The Kier molecular flexibility index (Phi) is 7.28. The zero-order valence-electron chi connectivity index (χ0n) is 35.0. The molecule has 0 saturated heterocycles. The molecule has 306 valence electrons. The number of hydrogen-bond acceptors (Lipinski definition) is 6. The summed E-state index contributed by atoms with van der Waals surface area (Å²) in [5.74, 6) is 1.64. The van der Waals surface area contributed by atoms with Crippen molar-refractivity contribution in [1.29, 1.82) is 0 Å². The Labute approximate surface area is 379 Å². The first-order valence-corrected chi connectivity index (χ1v) is 22.9. The van der Waals surface area contributed by atoms with Gasteiger partial charge in [-0.1, -0.05) is 133 Å². The average Bonchev–Trinajstić information content (AvgIpc) is 4.14. The molecule has 0 aliphatic heterocycles. The second-order valence-electron chi connectivity index (χ2n) is 17.1. The number of benzene rings is 10. The molecule has 0 saturated carbocycles. The van der Waals surface area contributed by atoms with Gasteiger partial charge >= 0.3 is 0 Å². The third-order valence-corrected chi connectivity index (χ3v) is 14.7. The third kappa shape index (κ3) is 5.08. The monoisotopic (exact) mass is 860 g/mol. The highest BCUT2D eigenvalue weighted by molar-refractivity contribution is 7.26. The van der Waals surface area contributed by atoms with E-state index in [4.69, 9.17) is 23.8 Å². The smallest absolute Gasteiger partial charge is 0.167 e. The van der Waals surface area contributed by atoms with Crippen molar-refractivity contribution in [3.8, 4) is 39.9 Å². The highest BCUT2D eigenvalue weighted by Crippen LogP contribution is 2.45. The maximum absolute atomic E-state index is 6.62. The highest BCUT2D eigenvalue weighted by atomic mass is 32.1. The number of thiophene rings is 1. The summed E-state index contributed by atoms with van der Waals surface area (Å²) in [6.45, 7) is 0. The molecule has 5 heterocycles. The van der Waals surface area contributed by atoms with E-state index in [0.29, 0.717) is 17.5 Å². The molecule has 0 spiro atoms. The van der Waals surface area contributed by atoms with Crippen LogP contribution in [0.5, 0.6) is 0 Å². The van der Waals surface area contributed by atoms with Crippen LogP contribution < -0.4 is 0 Å². The Morgan fingerprint density at radius 3 is 1.91 bits per heavy atom. The maximum atomic E-state index is 6.62. The first-order chi connectivity index (χ1) is 32.7. The van der Waals surface area contributed by atoms with Crippen molar-refractivity contribution in [3.05, 3.63) is 194 Å². The van der Waals surface area contributed by atoms with Crippen LogP contribution in [0.3, 0.4) is 0 Å². The molecule has 0 unspecified atom stereocenters. The Morgan fingerprint density at radius 2 is 1.03 bits per heavy atom. The molecule has 15 aromatic rings. The van der Waals surface area contributed by atoms with Gasteiger partial charge in [-0.25, -0.2) is 15.0 Å². The fourth-order valence-corrected chi connectivity index (χ4v) is 11.7. The topological polar surface area (TPSA) is 69.9 Å². The van der Waals surface area contributed by atoms with Gasteiger partial charge in [0.2, 0.25) is 0 Å². The van der Waals surface area contributed by atoms with Gasteiger partial charge < -0.3 is 13.4 Å². The summed E-state index contributed by atoms with van der Waals surface area (Å²) in [6.07, 6.45) is 0. The lowest BCUT2D eigenvalue weighted by atomic mass is 9.98.